The molecule has 1 aliphatic rings. The fourth-order valence-corrected chi connectivity index (χ4v) is 2.85. The predicted octanol–water partition coefficient (Wildman–Crippen LogP) is 2.18. The van der Waals surface area contributed by atoms with Crippen molar-refractivity contribution in [2.75, 3.05) is 28.4 Å². The smallest absolute Gasteiger partial charge is 0.203 e. The van der Waals surface area contributed by atoms with E-state index in [2.05, 4.69) is 11.4 Å². The van der Waals surface area contributed by atoms with Gasteiger partial charge in [-0.1, -0.05) is 0 Å². The molecule has 1 N–H and O–H groups in total. The Hall–Kier alpha value is -1.42. The zero-order chi connectivity index (χ0) is 13.8. The molecule has 19 heavy (non-hydrogen) atoms. The monoisotopic (exact) mass is 265 g/mol. The van der Waals surface area contributed by atoms with E-state index >= 15 is 0 Å². The second kappa shape index (κ2) is 6.15. The maximum absolute atomic E-state index is 5.59. The summed E-state index contributed by atoms with van der Waals surface area (Å²) in [6, 6.07) is 2.59. The molecule has 4 heteroatoms. The largest absolute Gasteiger partial charge is 0.493 e. The number of hydrogen-bond acceptors (Lipinski definition) is 4. The first-order valence-corrected chi connectivity index (χ1v) is 6.73. The van der Waals surface area contributed by atoms with Crippen LogP contribution in [0.2, 0.25) is 0 Å². The molecule has 0 fully saturated rings. The normalized spacial score (nSPS) is 18.4. The summed E-state index contributed by atoms with van der Waals surface area (Å²) in [6.45, 7) is 0. The van der Waals surface area contributed by atoms with Crippen LogP contribution in [-0.4, -0.2) is 34.4 Å². The van der Waals surface area contributed by atoms with Crippen molar-refractivity contribution in [3.63, 3.8) is 0 Å². The lowest BCUT2D eigenvalue weighted by molar-refractivity contribution is 0.321. The topological polar surface area (TPSA) is 39.7 Å². The molecule has 4 nitrogen and oxygen atoms in total. The molecule has 1 unspecified atom stereocenters. The van der Waals surface area contributed by atoms with Crippen molar-refractivity contribution in [1.82, 2.24) is 5.32 Å². The van der Waals surface area contributed by atoms with Gasteiger partial charge in [0.1, 0.15) is 0 Å². The summed E-state index contributed by atoms with van der Waals surface area (Å²) in [5.41, 5.74) is 2.56. The minimum absolute atomic E-state index is 0.494. The summed E-state index contributed by atoms with van der Waals surface area (Å²) < 4.78 is 16.5. The van der Waals surface area contributed by atoms with E-state index in [1.54, 1.807) is 21.3 Å². The first-order valence-electron chi connectivity index (χ1n) is 6.73. The molecule has 0 heterocycles. The van der Waals surface area contributed by atoms with Crippen LogP contribution in [0.4, 0.5) is 0 Å². The molecule has 0 saturated carbocycles. The number of rotatable bonds is 4. The van der Waals surface area contributed by atoms with Gasteiger partial charge in [-0.3, -0.25) is 0 Å². The van der Waals surface area contributed by atoms with E-state index in [9.17, 15) is 0 Å². The summed E-state index contributed by atoms with van der Waals surface area (Å²) in [7, 11) is 7.02. The highest BCUT2D eigenvalue weighted by molar-refractivity contribution is 5.59. The van der Waals surface area contributed by atoms with E-state index < -0.39 is 0 Å². The third-order valence-electron chi connectivity index (χ3n) is 3.88. The van der Waals surface area contributed by atoms with Crippen LogP contribution in [-0.2, 0) is 12.8 Å². The zero-order valence-electron chi connectivity index (χ0n) is 12.2. The Bertz CT molecular complexity index is 446. The molecule has 106 valence electrons. The molecular weight excluding hydrogens is 242 g/mol. The molecular formula is C15H23NO3. The van der Waals surface area contributed by atoms with Crippen LogP contribution >= 0.6 is 0 Å². The number of nitrogens with one attached hydrogen (secondary N) is 1. The van der Waals surface area contributed by atoms with Crippen LogP contribution < -0.4 is 19.5 Å². The number of likely N-dealkylation sites (N-methyl/N-ethyl adjacent to an activating group) is 1. The van der Waals surface area contributed by atoms with Gasteiger partial charge in [-0.2, -0.15) is 0 Å². The molecule has 0 spiro atoms. The quantitative estimate of drug-likeness (QED) is 0.847. The molecule has 1 aromatic carbocycles. The standard InChI is InChI=1S/C15H23NO3/c1-16-11-7-5-6-10-8-13(17-2)15(19-4)14(18-3)12(10)9-11/h8,11,16H,5-7,9H2,1-4H3. The molecule has 0 bridgehead atoms. The number of aryl methyl sites for hydroxylation is 1. The first kappa shape index (κ1) is 14.0. The average Bonchev–Trinajstić information content (AvgIpc) is 2.66. The number of hydrogen-bond donors (Lipinski definition) is 1. The molecule has 0 aromatic heterocycles. The van der Waals surface area contributed by atoms with Gasteiger partial charge in [-0.25, -0.2) is 0 Å². The van der Waals surface area contributed by atoms with Crippen LogP contribution in [0.3, 0.4) is 0 Å². The summed E-state index contributed by atoms with van der Waals surface area (Å²) >= 11 is 0. The lowest BCUT2D eigenvalue weighted by Gasteiger charge is -2.20. The van der Waals surface area contributed by atoms with E-state index in [1.165, 1.54) is 24.0 Å². The summed E-state index contributed by atoms with van der Waals surface area (Å²) in [5.74, 6) is 2.26. The zero-order valence-corrected chi connectivity index (χ0v) is 12.2. The Kier molecular flexibility index (Phi) is 4.53. The number of benzene rings is 1. The van der Waals surface area contributed by atoms with Crippen LogP contribution in [0.5, 0.6) is 17.2 Å². The molecule has 1 atom stereocenters. The number of ether oxygens (including phenoxy) is 3. The Morgan fingerprint density at radius 1 is 1.11 bits per heavy atom. The van der Waals surface area contributed by atoms with Crippen molar-refractivity contribution in [1.29, 1.82) is 0 Å². The lowest BCUT2D eigenvalue weighted by atomic mass is 9.99. The van der Waals surface area contributed by atoms with Gasteiger partial charge in [0, 0.05) is 11.6 Å². The SMILES string of the molecule is CNC1CCCc2cc(OC)c(OC)c(OC)c2C1. The minimum atomic E-state index is 0.494. The number of fused-ring (bicyclic) bond motifs is 1. The Morgan fingerprint density at radius 3 is 2.42 bits per heavy atom. The molecule has 0 radical (unpaired) electrons. The van der Waals surface area contributed by atoms with Gasteiger partial charge in [0.2, 0.25) is 5.75 Å². The van der Waals surface area contributed by atoms with E-state index in [0.717, 1.165) is 24.3 Å². The molecule has 0 saturated heterocycles. The van der Waals surface area contributed by atoms with Gasteiger partial charge >= 0.3 is 0 Å². The average molecular weight is 265 g/mol. The maximum Gasteiger partial charge on any atom is 0.203 e. The summed E-state index contributed by atoms with van der Waals surface area (Å²) in [5, 5.41) is 3.37. The van der Waals surface area contributed by atoms with Gasteiger partial charge in [-0.15, -0.1) is 0 Å². The lowest BCUT2D eigenvalue weighted by Crippen LogP contribution is -2.26. The van der Waals surface area contributed by atoms with E-state index in [0.29, 0.717) is 11.8 Å². The molecule has 0 aliphatic heterocycles. The highest BCUT2D eigenvalue weighted by Gasteiger charge is 2.24. The van der Waals surface area contributed by atoms with Crippen molar-refractivity contribution >= 4 is 0 Å². The highest BCUT2D eigenvalue weighted by Crippen LogP contribution is 2.43. The predicted molar refractivity (Wildman–Crippen MR) is 75.6 cm³/mol. The summed E-state index contributed by atoms with van der Waals surface area (Å²) in [6.07, 6.45) is 4.38. The summed E-state index contributed by atoms with van der Waals surface area (Å²) in [4.78, 5) is 0. The van der Waals surface area contributed by atoms with E-state index in [4.69, 9.17) is 14.2 Å². The van der Waals surface area contributed by atoms with Crippen molar-refractivity contribution in [2.45, 2.75) is 31.7 Å². The van der Waals surface area contributed by atoms with Gasteiger partial charge in [-0.05, 0) is 44.4 Å². The molecule has 1 aliphatic carbocycles. The van der Waals surface area contributed by atoms with Crippen LogP contribution in [0.25, 0.3) is 0 Å². The van der Waals surface area contributed by atoms with Gasteiger partial charge in [0.05, 0.1) is 21.3 Å². The van der Waals surface area contributed by atoms with Crippen molar-refractivity contribution in [3.05, 3.63) is 17.2 Å². The minimum Gasteiger partial charge on any atom is -0.493 e. The van der Waals surface area contributed by atoms with Crippen LogP contribution in [0, 0.1) is 0 Å². The maximum atomic E-state index is 5.59. The van der Waals surface area contributed by atoms with E-state index in [1.807, 2.05) is 7.05 Å². The third-order valence-corrected chi connectivity index (χ3v) is 3.88. The Morgan fingerprint density at radius 2 is 1.84 bits per heavy atom. The van der Waals surface area contributed by atoms with Crippen molar-refractivity contribution in [2.24, 2.45) is 0 Å². The van der Waals surface area contributed by atoms with Crippen molar-refractivity contribution in [3.8, 4) is 17.2 Å². The van der Waals surface area contributed by atoms with Gasteiger partial charge in [0.15, 0.2) is 11.5 Å². The highest BCUT2D eigenvalue weighted by atomic mass is 16.5. The van der Waals surface area contributed by atoms with Crippen molar-refractivity contribution < 1.29 is 14.2 Å². The Balaban J connectivity index is 2.54. The molecule has 1 aromatic rings. The third kappa shape index (κ3) is 2.63. The second-order valence-electron chi connectivity index (χ2n) is 4.86. The van der Waals surface area contributed by atoms with Gasteiger partial charge in [0.25, 0.3) is 0 Å². The Labute approximate surface area is 115 Å². The van der Waals surface area contributed by atoms with E-state index in [-0.39, 0.29) is 0 Å². The van der Waals surface area contributed by atoms with Crippen LogP contribution in [0.15, 0.2) is 6.07 Å². The fraction of sp³-hybridized carbons (Fsp3) is 0.600. The fourth-order valence-electron chi connectivity index (χ4n) is 2.85. The van der Waals surface area contributed by atoms with Gasteiger partial charge < -0.3 is 19.5 Å². The first-order chi connectivity index (χ1) is 9.24. The molecule has 2 rings (SSSR count). The molecule has 0 amide bonds. The number of methoxy groups -OCH3 is 3. The second-order valence-corrected chi connectivity index (χ2v) is 4.86. The van der Waals surface area contributed by atoms with Crippen LogP contribution in [0.1, 0.15) is 24.0 Å².